The van der Waals surface area contributed by atoms with E-state index in [9.17, 15) is 4.79 Å². The van der Waals surface area contributed by atoms with Gasteiger partial charge in [0.05, 0.1) is 16.8 Å². The molecule has 1 amide bonds. The Balaban J connectivity index is 1.55. The van der Waals surface area contributed by atoms with Gasteiger partial charge in [-0.25, -0.2) is 4.98 Å². The van der Waals surface area contributed by atoms with Crippen molar-refractivity contribution in [3.05, 3.63) is 89.7 Å². The van der Waals surface area contributed by atoms with E-state index >= 15 is 0 Å². The number of benzene rings is 3. The number of carbonyl (C=O) groups excluding carboxylic acids is 1. The number of carbonyl (C=O) groups is 1. The van der Waals surface area contributed by atoms with E-state index in [0.29, 0.717) is 23.8 Å². The van der Waals surface area contributed by atoms with Crippen molar-refractivity contribution in [3.63, 3.8) is 0 Å². The van der Waals surface area contributed by atoms with Crippen molar-refractivity contribution in [2.45, 2.75) is 20.4 Å². The topological polar surface area (TPSA) is 51.0 Å². The van der Waals surface area contributed by atoms with Crippen LogP contribution in [0.15, 0.2) is 73.1 Å². The minimum absolute atomic E-state index is 0.0497. The largest absolute Gasteiger partial charge is 0.282 e. The summed E-state index contributed by atoms with van der Waals surface area (Å²) in [6, 6.07) is 20.1. The molecule has 0 radical (unpaired) electrons. The second-order valence-electron chi connectivity index (χ2n) is 7.71. The number of fused-ring (bicyclic) bond motifs is 2. The number of amides is 1. The predicted octanol–water partition coefficient (Wildman–Crippen LogP) is 5.61. The fourth-order valence-electron chi connectivity index (χ4n) is 3.87. The molecule has 6 heteroatoms. The molecule has 2 aromatic heterocycles. The number of aryl methyl sites for hydroxylation is 2. The molecule has 31 heavy (non-hydrogen) atoms. The van der Waals surface area contributed by atoms with Crippen LogP contribution < -0.4 is 4.90 Å². The lowest BCUT2D eigenvalue weighted by Crippen LogP contribution is -2.34. The van der Waals surface area contributed by atoms with Crippen LogP contribution in [0.2, 0.25) is 0 Å². The molecule has 0 spiro atoms. The molecule has 3 aromatic carbocycles. The summed E-state index contributed by atoms with van der Waals surface area (Å²) in [5.41, 5.74) is 3.94. The van der Waals surface area contributed by atoms with E-state index in [1.165, 1.54) is 5.56 Å². The summed E-state index contributed by atoms with van der Waals surface area (Å²) in [5, 5.41) is 7.17. The maximum absolute atomic E-state index is 13.6. The van der Waals surface area contributed by atoms with Gasteiger partial charge in [-0.2, -0.15) is 5.10 Å². The first-order chi connectivity index (χ1) is 15.1. The monoisotopic (exact) mass is 426 g/mol. The smallest absolute Gasteiger partial charge is 0.260 e. The third kappa shape index (κ3) is 3.82. The number of aromatic nitrogens is 3. The zero-order chi connectivity index (χ0) is 21.4. The Labute approximate surface area is 184 Å². The number of rotatable bonds is 5. The third-order valence-electron chi connectivity index (χ3n) is 5.40. The van der Waals surface area contributed by atoms with Crippen molar-refractivity contribution >= 4 is 43.4 Å². The van der Waals surface area contributed by atoms with Gasteiger partial charge < -0.3 is 0 Å². The van der Waals surface area contributed by atoms with E-state index in [0.717, 1.165) is 26.6 Å². The van der Waals surface area contributed by atoms with E-state index in [4.69, 9.17) is 4.98 Å². The average molecular weight is 427 g/mol. The normalized spacial score (nSPS) is 11.3. The molecule has 0 fully saturated rings. The Hall–Kier alpha value is -3.51. The van der Waals surface area contributed by atoms with Gasteiger partial charge in [-0.1, -0.05) is 47.7 Å². The van der Waals surface area contributed by atoms with Crippen LogP contribution >= 0.6 is 11.3 Å². The lowest BCUT2D eigenvalue weighted by molar-refractivity contribution is 0.0986. The number of hydrogen-bond acceptors (Lipinski definition) is 4. The van der Waals surface area contributed by atoms with Crippen molar-refractivity contribution in [2.24, 2.45) is 0 Å². The van der Waals surface area contributed by atoms with Crippen molar-refractivity contribution in [2.75, 3.05) is 11.4 Å². The zero-order valence-electron chi connectivity index (χ0n) is 17.4. The van der Waals surface area contributed by atoms with E-state index in [-0.39, 0.29) is 5.91 Å². The quantitative estimate of drug-likeness (QED) is 0.367. The Morgan fingerprint density at radius 2 is 1.87 bits per heavy atom. The molecule has 0 aliphatic carbocycles. The van der Waals surface area contributed by atoms with Crippen LogP contribution in [-0.4, -0.2) is 27.2 Å². The van der Waals surface area contributed by atoms with Crippen LogP contribution in [0.5, 0.6) is 0 Å². The van der Waals surface area contributed by atoms with Gasteiger partial charge in [0.15, 0.2) is 5.13 Å². The van der Waals surface area contributed by atoms with Gasteiger partial charge >= 0.3 is 0 Å². The third-order valence-corrected chi connectivity index (χ3v) is 6.43. The standard InChI is InChI=1S/C25H22N4OS/c1-17-14-18(2)23-22(15-17)31-25(27-23)29(13-12-28-11-5-10-26-28)24(30)21-9-8-19-6-3-4-7-20(19)16-21/h3-11,14-16H,12-13H2,1-2H3. The van der Waals surface area contributed by atoms with Crippen molar-refractivity contribution < 1.29 is 4.79 Å². The van der Waals surface area contributed by atoms with Crippen LogP contribution in [0.25, 0.3) is 21.0 Å². The minimum atomic E-state index is -0.0497. The summed E-state index contributed by atoms with van der Waals surface area (Å²) in [7, 11) is 0. The van der Waals surface area contributed by atoms with E-state index < -0.39 is 0 Å². The summed E-state index contributed by atoms with van der Waals surface area (Å²) < 4.78 is 2.94. The molecule has 154 valence electrons. The van der Waals surface area contributed by atoms with Crippen LogP contribution in [0, 0.1) is 13.8 Å². The van der Waals surface area contributed by atoms with Gasteiger partial charge in [-0.3, -0.25) is 14.4 Å². The van der Waals surface area contributed by atoms with Crippen LogP contribution in [-0.2, 0) is 6.54 Å². The molecule has 0 aliphatic heterocycles. The number of thiazole rings is 1. The molecule has 0 bridgehead atoms. The molecule has 5 rings (SSSR count). The SMILES string of the molecule is Cc1cc(C)c2nc(N(CCn3cccn3)C(=O)c3ccc4ccccc4c3)sc2c1. The van der Waals surface area contributed by atoms with Crippen molar-refractivity contribution in [3.8, 4) is 0 Å². The first kappa shape index (κ1) is 19.5. The lowest BCUT2D eigenvalue weighted by Gasteiger charge is -2.20. The molecule has 0 unspecified atom stereocenters. The summed E-state index contributed by atoms with van der Waals surface area (Å²) in [5.74, 6) is -0.0497. The van der Waals surface area contributed by atoms with Crippen molar-refractivity contribution in [1.82, 2.24) is 14.8 Å². The molecular formula is C25H22N4OS. The van der Waals surface area contributed by atoms with Crippen LogP contribution in [0.3, 0.4) is 0 Å². The maximum atomic E-state index is 13.6. The van der Waals surface area contributed by atoms with Crippen molar-refractivity contribution in [1.29, 1.82) is 0 Å². The fraction of sp³-hybridized carbons (Fsp3) is 0.160. The number of hydrogen-bond donors (Lipinski definition) is 0. The molecule has 0 saturated carbocycles. The molecule has 0 saturated heterocycles. The Kier molecular flexibility index (Phi) is 5.00. The minimum Gasteiger partial charge on any atom is -0.282 e. The second kappa shape index (κ2) is 7.96. The Bertz CT molecular complexity index is 1390. The van der Waals surface area contributed by atoms with Gasteiger partial charge in [0.1, 0.15) is 0 Å². The Morgan fingerprint density at radius 1 is 1.03 bits per heavy atom. The highest BCUT2D eigenvalue weighted by molar-refractivity contribution is 7.22. The van der Waals surface area contributed by atoms with Gasteiger partial charge in [0, 0.05) is 24.5 Å². The summed E-state index contributed by atoms with van der Waals surface area (Å²) in [6.07, 6.45) is 3.66. The van der Waals surface area contributed by atoms with E-state index in [1.807, 2.05) is 53.3 Å². The lowest BCUT2D eigenvalue weighted by atomic mass is 10.1. The molecule has 5 nitrogen and oxygen atoms in total. The Morgan fingerprint density at radius 3 is 2.68 bits per heavy atom. The van der Waals surface area contributed by atoms with E-state index in [2.05, 4.69) is 37.1 Å². The number of nitrogens with zero attached hydrogens (tertiary/aromatic N) is 4. The molecule has 0 aliphatic rings. The second-order valence-corrected chi connectivity index (χ2v) is 8.72. The molecule has 0 atom stereocenters. The summed E-state index contributed by atoms with van der Waals surface area (Å²) >= 11 is 1.56. The van der Waals surface area contributed by atoms with Gasteiger partial charge in [0.2, 0.25) is 0 Å². The summed E-state index contributed by atoms with van der Waals surface area (Å²) in [6.45, 7) is 5.24. The van der Waals surface area contributed by atoms with Gasteiger partial charge in [-0.05, 0) is 60.0 Å². The molecule has 0 N–H and O–H groups in total. The fourth-order valence-corrected chi connectivity index (χ4v) is 5.04. The van der Waals surface area contributed by atoms with Crippen LogP contribution in [0.4, 0.5) is 5.13 Å². The van der Waals surface area contributed by atoms with Crippen LogP contribution in [0.1, 0.15) is 21.5 Å². The molecular weight excluding hydrogens is 404 g/mol. The average Bonchev–Trinajstić information content (AvgIpc) is 3.43. The van der Waals surface area contributed by atoms with E-state index in [1.54, 1.807) is 22.4 Å². The highest BCUT2D eigenvalue weighted by Crippen LogP contribution is 2.32. The van der Waals surface area contributed by atoms with Gasteiger partial charge in [0.25, 0.3) is 5.91 Å². The first-order valence-corrected chi connectivity index (χ1v) is 11.1. The highest BCUT2D eigenvalue weighted by atomic mass is 32.1. The van der Waals surface area contributed by atoms with Gasteiger partial charge in [-0.15, -0.1) is 0 Å². The predicted molar refractivity (Wildman–Crippen MR) is 127 cm³/mol. The number of anilines is 1. The maximum Gasteiger partial charge on any atom is 0.260 e. The first-order valence-electron chi connectivity index (χ1n) is 10.2. The summed E-state index contributed by atoms with van der Waals surface area (Å²) in [4.78, 5) is 20.3. The zero-order valence-corrected chi connectivity index (χ0v) is 18.3. The highest BCUT2D eigenvalue weighted by Gasteiger charge is 2.22. The molecule has 2 heterocycles. The molecule has 5 aromatic rings.